The molecule has 6 nitrogen and oxygen atoms in total. The van der Waals surface area contributed by atoms with E-state index in [0.717, 1.165) is 81.0 Å². The Morgan fingerprint density at radius 2 is 0.905 bits per heavy atom. The van der Waals surface area contributed by atoms with Crippen molar-refractivity contribution in [3.8, 4) is 51.0 Å². The first-order chi connectivity index (χ1) is 36.5. The number of hydrogen-bond donors (Lipinski definition) is 0. The van der Waals surface area contributed by atoms with Crippen molar-refractivity contribution in [3.05, 3.63) is 218 Å². The first-order valence-corrected chi connectivity index (χ1v) is 26.5. The van der Waals surface area contributed by atoms with E-state index in [2.05, 4.69) is 240 Å². The Morgan fingerprint density at radius 1 is 0.392 bits per heavy atom. The van der Waals surface area contributed by atoms with Gasteiger partial charge >= 0.3 is 0 Å². The Labute approximate surface area is 430 Å². The molecule has 13 aromatic rings. The van der Waals surface area contributed by atoms with Crippen LogP contribution in [0.5, 0.6) is 0 Å². The van der Waals surface area contributed by atoms with Crippen molar-refractivity contribution >= 4 is 65.4 Å². The van der Waals surface area contributed by atoms with Gasteiger partial charge < -0.3 is 13.7 Å². The molecular weight excluding hydrogens is 901 g/mol. The lowest BCUT2D eigenvalue weighted by Gasteiger charge is -2.49. The maximum absolute atomic E-state index is 5.85. The van der Waals surface area contributed by atoms with Crippen molar-refractivity contribution < 1.29 is 0 Å². The molecule has 74 heavy (non-hydrogen) atoms. The van der Waals surface area contributed by atoms with Crippen LogP contribution >= 0.6 is 0 Å². The van der Waals surface area contributed by atoms with Crippen molar-refractivity contribution in [2.75, 3.05) is 0 Å². The van der Waals surface area contributed by atoms with Gasteiger partial charge in [-0.3, -0.25) is 0 Å². The highest BCUT2D eigenvalue weighted by Crippen LogP contribution is 2.54. The van der Waals surface area contributed by atoms with Crippen LogP contribution in [0.15, 0.2) is 212 Å². The van der Waals surface area contributed by atoms with Crippen LogP contribution in [0.3, 0.4) is 0 Å². The lowest BCUT2D eigenvalue weighted by Crippen LogP contribution is -2.43. The Morgan fingerprint density at radius 3 is 1.58 bits per heavy atom. The van der Waals surface area contributed by atoms with E-state index in [9.17, 15) is 0 Å². The number of hydrogen-bond acceptors (Lipinski definition) is 3. The second kappa shape index (κ2) is 16.7. The number of nitrogens with zero attached hydrogens (tertiary/aromatic N) is 6. The summed E-state index contributed by atoms with van der Waals surface area (Å²) in [5.41, 5.74) is 14.2. The topological polar surface area (TPSA) is 53.5 Å². The number of rotatable bonds is 7. The molecule has 0 radical (unpaired) electrons. The maximum atomic E-state index is 5.85. The first-order valence-electron chi connectivity index (χ1n) is 26.5. The van der Waals surface area contributed by atoms with E-state index in [-0.39, 0.29) is 5.41 Å². The quantitative estimate of drug-likeness (QED) is 0.160. The average molecular weight is 955 g/mol. The molecule has 2 bridgehead atoms. The summed E-state index contributed by atoms with van der Waals surface area (Å²) in [6, 6.07) is 77.2. The van der Waals surface area contributed by atoms with Gasteiger partial charge in [-0.05, 0) is 116 Å². The predicted octanol–water partition coefficient (Wildman–Crippen LogP) is 17.3. The largest absolute Gasteiger partial charge is 0.309 e. The Balaban J connectivity index is 1.05. The van der Waals surface area contributed by atoms with E-state index in [4.69, 9.17) is 15.0 Å². The van der Waals surface area contributed by atoms with Gasteiger partial charge in [0.25, 0.3) is 0 Å². The summed E-state index contributed by atoms with van der Waals surface area (Å²) in [7, 11) is 0. The maximum Gasteiger partial charge on any atom is 0.165 e. The fourth-order valence-electron chi connectivity index (χ4n) is 14.3. The zero-order valence-corrected chi connectivity index (χ0v) is 41.7. The van der Waals surface area contributed by atoms with Crippen LogP contribution in [0, 0.1) is 17.8 Å². The molecule has 0 spiro atoms. The minimum atomic E-state index is -0.177. The van der Waals surface area contributed by atoms with E-state index >= 15 is 0 Å². The second-order valence-corrected chi connectivity index (χ2v) is 21.6. The summed E-state index contributed by atoms with van der Waals surface area (Å²) in [4.78, 5) is 17.5. The molecule has 0 N–H and O–H groups in total. The molecule has 356 valence electrons. The molecule has 0 saturated heterocycles. The minimum absolute atomic E-state index is 0.177. The molecule has 2 fully saturated rings. The summed E-state index contributed by atoms with van der Waals surface area (Å²) in [6.45, 7) is 4.91. The van der Waals surface area contributed by atoms with E-state index in [1.54, 1.807) is 0 Å². The number of fused-ring (bicyclic) bond motifs is 12. The highest BCUT2D eigenvalue weighted by Gasteiger charge is 2.48. The third-order valence-corrected chi connectivity index (χ3v) is 16.8. The molecule has 4 heterocycles. The molecule has 0 amide bonds. The monoisotopic (exact) mass is 954 g/mol. The summed E-state index contributed by atoms with van der Waals surface area (Å²) in [5, 5.41) is 7.28. The molecule has 0 aliphatic heterocycles. The van der Waals surface area contributed by atoms with Crippen molar-refractivity contribution in [2.24, 2.45) is 17.8 Å². The van der Waals surface area contributed by atoms with Gasteiger partial charge in [0.05, 0.1) is 44.5 Å². The third-order valence-electron chi connectivity index (χ3n) is 16.8. The van der Waals surface area contributed by atoms with Crippen LogP contribution in [0.1, 0.15) is 51.8 Å². The highest BCUT2D eigenvalue weighted by molar-refractivity contribution is 6.26. The van der Waals surface area contributed by atoms with Crippen LogP contribution in [0.25, 0.3) is 116 Å². The Kier molecular flexibility index (Phi) is 9.72. The van der Waals surface area contributed by atoms with Crippen molar-refractivity contribution in [1.29, 1.82) is 0 Å². The highest BCUT2D eigenvalue weighted by atomic mass is 15.1. The molecule has 9 aromatic carbocycles. The molecule has 4 aromatic heterocycles. The lowest BCUT2D eigenvalue weighted by molar-refractivity contribution is 0.0720. The molecular formula is C68H54N6. The Hall–Kier alpha value is -8.61. The van der Waals surface area contributed by atoms with Crippen LogP contribution in [-0.4, -0.2) is 28.7 Å². The van der Waals surface area contributed by atoms with Crippen molar-refractivity contribution in [1.82, 2.24) is 28.7 Å². The minimum Gasteiger partial charge on any atom is -0.309 e. The van der Waals surface area contributed by atoms with Crippen molar-refractivity contribution in [2.45, 2.75) is 51.4 Å². The Bertz CT molecular complexity index is 4280. The van der Waals surface area contributed by atoms with Crippen molar-refractivity contribution in [3.63, 3.8) is 0 Å². The van der Waals surface area contributed by atoms with Gasteiger partial charge in [-0.2, -0.15) is 0 Å². The van der Waals surface area contributed by atoms with Gasteiger partial charge in [-0.25, -0.2) is 15.0 Å². The van der Waals surface area contributed by atoms with Gasteiger partial charge in [-0.15, -0.1) is 0 Å². The molecule has 2 aliphatic rings. The fraction of sp³-hybridized carbons (Fsp3) is 0.162. The zero-order valence-electron chi connectivity index (χ0n) is 41.7. The predicted molar refractivity (Wildman–Crippen MR) is 306 cm³/mol. The smallest absolute Gasteiger partial charge is 0.165 e. The van der Waals surface area contributed by atoms with Crippen LogP contribution < -0.4 is 0 Å². The SMILES string of the molecule is C[C@@H]1CC2C[C@H](C)CC(c3nc(-c4ccccc4-n4c5ccccc5c5ccc6c(c7ccccc7n6-c6ccccc6)c54)nc(-c4cccc(-c5ccccc5)c4-n4c5ccccc5c5ccccc54)n3)(C2)C1. The molecule has 2 unspecified atom stereocenters. The van der Waals surface area contributed by atoms with Gasteiger partial charge in [0, 0.05) is 60.1 Å². The number of benzene rings is 9. The summed E-state index contributed by atoms with van der Waals surface area (Å²) in [5.74, 6) is 4.13. The zero-order chi connectivity index (χ0) is 49.1. The molecule has 4 atom stereocenters. The van der Waals surface area contributed by atoms with Gasteiger partial charge in [-0.1, -0.05) is 166 Å². The second-order valence-electron chi connectivity index (χ2n) is 21.6. The third kappa shape index (κ3) is 6.53. The molecule has 15 rings (SSSR count). The van der Waals surface area contributed by atoms with Crippen LogP contribution in [-0.2, 0) is 5.41 Å². The van der Waals surface area contributed by atoms with E-state index < -0.39 is 0 Å². The summed E-state index contributed by atoms with van der Waals surface area (Å²) >= 11 is 0. The first kappa shape index (κ1) is 43.0. The normalized spacial score (nSPS) is 18.9. The van der Waals surface area contributed by atoms with Crippen LogP contribution in [0.2, 0.25) is 0 Å². The summed E-state index contributed by atoms with van der Waals surface area (Å²) < 4.78 is 7.39. The number of para-hydroxylation sites is 7. The standard InChI is InChI=1S/C68H54N6/c1-43-38-45-39-44(2)41-68(40-43,42-45)67-70-65(69-66(71-67)55-30-19-29-48(46-20-5-3-6-21-46)63(55)73-56-31-14-9-24-49(56)50-25-10-15-32-57(50)73)54-28-13-18-35-60(54)74-58-33-16-11-26-51(58)52-36-37-61-62(64(52)74)53-27-12-17-34-59(53)72(61)47-22-7-4-8-23-47/h3-37,43-45H,38-42H2,1-2H3/t43-,44+,45?,68?. The van der Waals surface area contributed by atoms with E-state index in [1.165, 1.54) is 61.7 Å². The fourth-order valence-corrected chi connectivity index (χ4v) is 14.3. The molecule has 2 saturated carbocycles. The summed E-state index contributed by atoms with van der Waals surface area (Å²) in [6.07, 6.45) is 5.77. The van der Waals surface area contributed by atoms with Gasteiger partial charge in [0.2, 0.25) is 0 Å². The van der Waals surface area contributed by atoms with E-state index in [1.807, 2.05) is 0 Å². The number of aromatic nitrogens is 6. The molecule has 2 aliphatic carbocycles. The van der Waals surface area contributed by atoms with Gasteiger partial charge in [0.1, 0.15) is 5.82 Å². The lowest BCUT2D eigenvalue weighted by atomic mass is 9.56. The van der Waals surface area contributed by atoms with E-state index in [0.29, 0.717) is 29.4 Å². The molecule has 6 heteroatoms. The van der Waals surface area contributed by atoms with Crippen LogP contribution in [0.4, 0.5) is 0 Å². The average Bonchev–Trinajstić information content (AvgIpc) is 4.08. The van der Waals surface area contributed by atoms with Gasteiger partial charge in [0.15, 0.2) is 11.6 Å².